The van der Waals surface area contributed by atoms with Gasteiger partial charge in [0.15, 0.2) is 0 Å². The number of carbonyl (C=O) groups excluding carboxylic acids is 1. The van der Waals surface area contributed by atoms with Gasteiger partial charge in [-0.2, -0.15) is 13.2 Å². The number of carbonyl (C=O) groups is 1. The third-order valence-corrected chi connectivity index (χ3v) is 9.41. The van der Waals surface area contributed by atoms with Crippen molar-refractivity contribution in [3.63, 3.8) is 0 Å². The summed E-state index contributed by atoms with van der Waals surface area (Å²) < 4.78 is 63.8. The molecule has 1 unspecified atom stereocenters. The highest BCUT2D eigenvalue weighted by Gasteiger charge is 2.48. The lowest BCUT2D eigenvalue weighted by atomic mass is 9.86. The Morgan fingerprint density at radius 3 is 2.55 bits per heavy atom. The van der Waals surface area contributed by atoms with Gasteiger partial charge >= 0.3 is 6.18 Å². The number of amides is 1. The van der Waals surface area contributed by atoms with E-state index < -0.39 is 17.6 Å². The van der Waals surface area contributed by atoms with Crippen molar-refractivity contribution in [2.75, 3.05) is 50.0 Å². The van der Waals surface area contributed by atoms with Crippen molar-refractivity contribution in [1.82, 2.24) is 9.80 Å². The van der Waals surface area contributed by atoms with Crippen LogP contribution < -0.4 is 4.90 Å². The van der Waals surface area contributed by atoms with Gasteiger partial charge in [-0.1, -0.05) is 25.3 Å². The second kappa shape index (κ2) is 9.66. The second-order valence-corrected chi connectivity index (χ2v) is 11.8. The minimum Gasteiger partial charge on any atom is -0.380 e. The highest BCUT2D eigenvalue weighted by Crippen LogP contribution is 2.54. The fourth-order valence-electron chi connectivity index (χ4n) is 5.89. The molecule has 4 aliphatic rings. The van der Waals surface area contributed by atoms with Gasteiger partial charge in [0.2, 0.25) is 5.91 Å². The van der Waals surface area contributed by atoms with Crippen molar-refractivity contribution in [1.29, 1.82) is 0 Å². The molecular weight excluding hydrogens is 544 g/mol. The fourth-order valence-corrected chi connectivity index (χ4v) is 7.33. The van der Waals surface area contributed by atoms with Crippen LogP contribution in [0.25, 0.3) is 11.1 Å². The summed E-state index contributed by atoms with van der Waals surface area (Å²) in [6.45, 7) is 12.4. The lowest BCUT2D eigenvalue weighted by Crippen LogP contribution is -2.56. The maximum atomic E-state index is 14.8. The standard InChI is InChI=1S/C29H28F4N4O2S/c1-4-23(38)35-9-10-36(17(2)12-35)27-21-11-22(29(31,32)33)24(19-5-7-20(30)8-6-19)26-25(21)37(18(3)34-27)13-28(16-40-26)14-39-15-28/h4-8,11,17H,1,3,9-10,12-16H2,2H3. The van der Waals surface area contributed by atoms with Crippen LogP contribution in [0.1, 0.15) is 18.1 Å². The molecule has 2 saturated heterocycles. The van der Waals surface area contributed by atoms with Gasteiger partial charge < -0.3 is 19.4 Å². The maximum absolute atomic E-state index is 14.8. The minimum atomic E-state index is -4.68. The number of ether oxygens (including phenoxy) is 1. The lowest BCUT2D eigenvalue weighted by Gasteiger charge is -2.46. The Bertz CT molecular complexity index is 1430. The molecule has 2 fully saturated rings. The highest BCUT2D eigenvalue weighted by atomic mass is 32.2. The first-order valence-corrected chi connectivity index (χ1v) is 14.0. The van der Waals surface area contributed by atoms with Crippen LogP contribution in [0, 0.1) is 11.2 Å². The zero-order valence-electron chi connectivity index (χ0n) is 21.9. The van der Waals surface area contributed by atoms with E-state index >= 15 is 0 Å². The summed E-state index contributed by atoms with van der Waals surface area (Å²) in [7, 11) is 0. The molecule has 1 atom stereocenters. The van der Waals surface area contributed by atoms with Crippen molar-refractivity contribution in [2.24, 2.45) is 10.4 Å². The summed E-state index contributed by atoms with van der Waals surface area (Å²) in [6.07, 6.45) is -3.41. The van der Waals surface area contributed by atoms with E-state index in [1.807, 2.05) is 16.7 Å². The molecule has 4 aliphatic heterocycles. The van der Waals surface area contributed by atoms with E-state index in [2.05, 4.69) is 13.2 Å². The number of amidine groups is 1. The molecule has 11 heteroatoms. The van der Waals surface area contributed by atoms with Crippen LogP contribution in [0.5, 0.6) is 0 Å². The molecule has 6 rings (SSSR count). The molecule has 1 spiro atoms. The Balaban J connectivity index is 1.56. The Morgan fingerprint density at radius 2 is 1.95 bits per heavy atom. The summed E-state index contributed by atoms with van der Waals surface area (Å²) in [5, 5.41) is 0. The van der Waals surface area contributed by atoms with Crippen LogP contribution in [0.15, 0.2) is 65.3 Å². The molecule has 4 heterocycles. The molecule has 0 N–H and O–H groups in total. The molecule has 0 aliphatic carbocycles. The smallest absolute Gasteiger partial charge is 0.380 e. The summed E-state index contributed by atoms with van der Waals surface area (Å²) in [4.78, 5) is 23.1. The monoisotopic (exact) mass is 572 g/mol. The average molecular weight is 573 g/mol. The fraction of sp³-hybridized carbons (Fsp3) is 0.379. The number of halogens is 4. The number of hydrogen-bond donors (Lipinski definition) is 0. The van der Waals surface area contributed by atoms with Gasteiger partial charge in [-0.25, -0.2) is 9.38 Å². The van der Waals surface area contributed by atoms with E-state index in [-0.39, 0.29) is 22.9 Å². The van der Waals surface area contributed by atoms with Crippen molar-refractivity contribution in [3.8, 4) is 11.1 Å². The third-order valence-electron chi connectivity index (χ3n) is 7.97. The largest absolute Gasteiger partial charge is 0.417 e. The number of alkyl halides is 3. The van der Waals surface area contributed by atoms with Gasteiger partial charge in [0, 0.05) is 59.4 Å². The van der Waals surface area contributed by atoms with E-state index in [9.17, 15) is 22.4 Å². The molecule has 210 valence electrons. The number of benzene rings is 2. The molecule has 6 nitrogen and oxygen atoms in total. The van der Waals surface area contributed by atoms with Crippen molar-refractivity contribution >= 4 is 29.2 Å². The first-order valence-electron chi connectivity index (χ1n) is 13.0. The summed E-state index contributed by atoms with van der Waals surface area (Å²) in [5.41, 5.74) is 0.281. The van der Waals surface area contributed by atoms with Crippen molar-refractivity contribution in [2.45, 2.75) is 24.0 Å². The Hall–Kier alpha value is -3.31. The summed E-state index contributed by atoms with van der Waals surface area (Å²) >= 11 is 1.38. The number of aliphatic imine (C=N–C) groups is 1. The molecule has 1 amide bonds. The molecule has 40 heavy (non-hydrogen) atoms. The molecule has 2 aromatic rings. The van der Waals surface area contributed by atoms with Crippen LogP contribution in [0.4, 0.5) is 23.2 Å². The van der Waals surface area contributed by atoms with Crippen LogP contribution >= 0.6 is 11.8 Å². The first-order chi connectivity index (χ1) is 19.0. The maximum Gasteiger partial charge on any atom is 0.417 e. The van der Waals surface area contributed by atoms with E-state index in [1.165, 1.54) is 48.2 Å². The first kappa shape index (κ1) is 26.9. The Morgan fingerprint density at radius 1 is 1.23 bits per heavy atom. The SMILES string of the molecule is C=CC(=O)N1CCN(C2=NC(=C)N3CC4(COC4)CSc4c(-c5ccc(F)cc5)c(C(F)(F)F)cc2c43)C(C)C1. The van der Waals surface area contributed by atoms with Gasteiger partial charge in [-0.3, -0.25) is 4.79 Å². The van der Waals surface area contributed by atoms with E-state index in [0.29, 0.717) is 78.5 Å². The minimum absolute atomic E-state index is 0.0297. The number of anilines is 1. The zero-order valence-corrected chi connectivity index (χ0v) is 22.7. The van der Waals surface area contributed by atoms with Crippen molar-refractivity contribution in [3.05, 3.63) is 72.3 Å². The predicted molar refractivity (Wildman–Crippen MR) is 147 cm³/mol. The van der Waals surface area contributed by atoms with E-state index in [4.69, 9.17) is 9.73 Å². The topological polar surface area (TPSA) is 48.4 Å². The van der Waals surface area contributed by atoms with Crippen LogP contribution in [0.2, 0.25) is 0 Å². The third kappa shape index (κ3) is 4.39. The van der Waals surface area contributed by atoms with Crippen LogP contribution in [-0.4, -0.2) is 72.7 Å². The summed E-state index contributed by atoms with van der Waals surface area (Å²) in [6, 6.07) is 6.12. The molecule has 0 radical (unpaired) electrons. The van der Waals surface area contributed by atoms with Crippen LogP contribution in [0.3, 0.4) is 0 Å². The number of thioether (sulfide) groups is 1. The quantitative estimate of drug-likeness (QED) is 0.357. The number of piperazine rings is 1. The average Bonchev–Trinajstić information content (AvgIpc) is 3.09. The van der Waals surface area contributed by atoms with Gasteiger partial charge in [-0.05, 0) is 36.8 Å². The summed E-state index contributed by atoms with van der Waals surface area (Å²) in [5.74, 6) is 0.709. The van der Waals surface area contributed by atoms with Gasteiger partial charge in [0.25, 0.3) is 0 Å². The van der Waals surface area contributed by atoms with Crippen molar-refractivity contribution < 1.29 is 27.1 Å². The molecule has 0 aromatic heterocycles. The van der Waals surface area contributed by atoms with Crippen LogP contribution in [-0.2, 0) is 15.7 Å². The lowest BCUT2D eigenvalue weighted by molar-refractivity contribution is -0.137. The second-order valence-electron chi connectivity index (χ2n) is 10.8. The number of nitrogens with zero attached hydrogens (tertiary/aromatic N) is 4. The van der Waals surface area contributed by atoms with E-state index in [1.54, 1.807) is 4.90 Å². The van der Waals surface area contributed by atoms with E-state index in [0.717, 1.165) is 0 Å². The molecule has 0 bridgehead atoms. The molecule has 2 aromatic carbocycles. The normalized spacial score (nSPS) is 21.9. The number of rotatable bonds is 2. The molecular formula is C29H28F4N4O2S. The van der Waals surface area contributed by atoms with Gasteiger partial charge in [0.1, 0.15) is 17.5 Å². The number of hydrogen-bond acceptors (Lipinski definition) is 6. The highest BCUT2D eigenvalue weighted by molar-refractivity contribution is 7.99. The van der Waals surface area contributed by atoms with Gasteiger partial charge in [-0.15, -0.1) is 11.8 Å². The molecule has 0 saturated carbocycles. The van der Waals surface area contributed by atoms with Gasteiger partial charge in [0.05, 0.1) is 24.5 Å². The zero-order chi connectivity index (χ0) is 28.4. The predicted octanol–water partition coefficient (Wildman–Crippen LogP) is 5.39. The Kier molecular flexibility index (Phi) is 6.49. The Labute approximate surface area is 234 Å².